The summed E-state index contributed by atoms with van der Waals surface area (Å²) in [7, 11) is 0. The van der Waals surface area contributed by atoms with Crippen molar-refractivity contribution >= 4 is 0 Å². The summed E-state index contributed by atoms with van der Waals surface area (Å²) in [6.07, 6.45) is 3.31. The van der Waals surface area contributed by atoms with E-state index in [-0.39, 0.29) is 0 Å². The number of nitriles is 1. The molecule has 3 nitrogen and oxygen atoms in total. The highest BCUT2D eigenvalue weighted by molar-refractivity contribution is 5.56. The molecule has 2 rings (SSSR count). The first-order chi connectivity index (χ1) is 7.31. The van der Waals surface area contributed by atoms with Gasteiger partial charge in [0.05, 0.1) is 17.0 Å². The lowest BCUT2D eigenvalue weighted by atomic mass is 10.1. The third kappa shape index (κ3) is 1.84. The van der Waals surface area contributed by atoms with E-state index in [0.29, 0.717) is 5.56 Å². The van der Waals surface area contributed by atoms with Crippen LogP contribution in [0.4, 0.5) is 0 Å². The van der Waals surface area contributed by atoms with Crippen molar-refractivity contribution in [2.24, 2.45) is 0 Å². The van der Waals surface area contributed by atoms with Crippen LogP contribution in [-0.2, 0) is 0 Å². The number of pyridine rings is 2. The van der Waals surface area contributed by atoms with Crippen LogP contribution in [0.15, 0.2) is 36.7 Å². The molecule has 2 aromatic rings. The second-order valence-electron chi connectivity index (χ2n) is 3.21. The average molecular weight is 195 g/mol. The molecule has 0 N–H and O–H groups in total. The van der Waals surface area contributed by atoms with Gasteiger partial charge in [0.25, 0.3) is 0 Å². The molecule has 0 amide bonds. The van der Waals surface area contributed by atoms with Crippen LogP contribution in [0.3, 0.4) is 0 Å². The van der Waals surface area contributed by atoms with Crippen LogP contribution in [0.5, 0.6) is 0 Å². The first-order valence-corrected chi connectivity index (χ1v) is 4.59. The predicted molar refractivity (Wildman–Crippen MR) is 56.9 cm³/mol. The van der Waals surface area contributed by atoms with E-state index in [1.807, 2.05) is 31.2 Å². The minimum atomic E-state index is 0.606. The lowest BCUT2D eigenvalue weighted by Crippen LogP contribution is -1.90. The number of hydrogen-bond donors (Lipinski definition) is 0. The van der Waals surface area contributed by atoms with Gasteiger partial charge < -0.3 is 0 Å². The molecule has 0 spiro atoms. The van der Waals surface area contributed by atoms with Crippen LogP contribution in [0.2, 0.25) is 0 Å². The van der Waals surface area contributed by atoms with Gasteiger partial charge in [-0.25, -0.2) is 0 Å². The molecule has 0 saturated heterocycles. The largest absolute Gasteiger partial charge is 0.255 e. The summed E-state index contributed by atoms with van der Waals surface area (Å²) in [5.74, 6) is 0. The van der Waals surface area contributed by atoms with Gasteiger partial charge in [-0.1, -0.05) is 6.07 Å². The van der Waals surface area contributed by atoms with Crippen molar-refractivity contribution in [2.75, 3.05) is 0 Å². The summed E-state index contributed by atoms with van der Waals surface area (Å²) in [5.41, 5.74) is 3.15. The first kappa shape index (κ1) is 9.35. The standard InChI is InChI=1S/C12H9N3/c1-9-6-12(15-8-10(9)7-13)11-4-2-3-5-14-11/h2-6,8H,1H3. The quantitative estimate of drug-likeness (QED) is 0.701. The maximum absolute atomic E-state index is 8.77. The molecule has 0 radical (unpaired) electrons. The van der Waals surface area contributed by atoms with E-state index in [2.05, 4.69) is 16.0 Å². The summed E-state index contributed by atoms with van der Waals surface area (Å²) in [5, 5.41) is 8.77. The van der Waals surface area contributed by atoms with Crippen LogP contribution < -0.4 is 0 Å². The zero-order valence-corrected chi connectivity index (χ0v) is 8.31. The predicted octanol–water partition coefficient (Wildman–Crippen LogP) is 2.32. The summed E-state index contributed by atoms with van der Waals surface area (Å²) in [6, 6.07) is 9.64. The van der Waals surface area contributed by atoms with Crippen LogP contribution in [0, 0.1) is 18.3 Å². The van der Waals surface area contributed by atoms with E-state index in [0.717, 1.165) is 17.0 Å². The first-order valence-electron chi connectivity index (χ1n) is 4.59. The molecule has 0 unspecified atom stereocenters. The van der Waals surface area contributed by atoms with Gasteiger partial charge in [0.1, 0.15) is 6.07 Å². The summed E-state index contributed by atoms with van der Waals surface area (Å²) in [6.45, 7) is 1.90. The second kappa shape index (κ2) is 3.89. The van der Waals surface area contributed by atoms with Crippen molar-refractivity contribution < 1.29 is 0 Å². The fourth-order valence-electron chi connectivity index (χ4n) is 1.33. The molecule has 72 valence electrons. The van der Waals surface area contributed by atoms with E-state index in [9.17, 15) is 0 Å². The molecule has 0 aromatic carbocycles. The van der Waals surface area contributed by atoms with Gasteiger partial charge in [-0.15, -0.1) is 0 Å². The highest BCUT2D eigenvalue weighted by atomic mass is 14.8. The lowest BCUT2D eigenvalue weighted by Gasteiger charge is -2.01. The summed E-state index contributed by atoms with van der Waals surface area (Å²) >= 11 is 0. The van der Waals surface area contributed by atoms with Crippen molar-refractivity contribution in [3.63, 3.8) is 0 Å². The summed E-state index contributed by atoms with van der Waals surface area (Å²) < 4.78 is 0. The Kier molecular flexibility index (Phi) is 2.42. The van der Waals surface area contributed by atoms with E-state index in [4.69, 9.17) is 5.26 Å². The number of aromatic nitrogens is 2. The normalized spacial score (nSPS) is 9.60. The van der Waals surface area contributed by atoms with Crippen molar-refractivity contribution in [2.45, 2.75) is 6.92 Å². The number of aryl methyl sites for hydroxylation is 1. The SMILES string of the molecule is Cc1cc(-c2ccccn2)ncc1C#N. The van der Waals surface area contributed by atoms with Gasteiger partial charge in [0.15, 0.2) is 0 Å². The Morgan fingerprint density at radius 3 is 2.67 bits per heavy atom. The average Bonchev–Trinajstić information content (AvgIpc) is 2.30. The highest BCUT2D eigenvalue weighted by Crippen LogP contribution is 2.16. The molecule has 0 aliphatic rings. The Morgan fingerprint density at radius 1 is 1.20 bits per heavy atom. The molecule has 0 atom stereocenters. The zero-order valence-electron chi connectivity index (χ0n) is 8.31. The zero-order chi connectivity index (χ0) is 10.7. The number of hydrogen-bond acceptors (Lipinski definition) is 3. The second-order valence-corrected chi connectivity index (χ2v) is 3.21. The molecule has 0 bridgehead atoms. The smallest absolute Gasteiger partial charge is 0.101 e. The van der Waals surface area contributed by atoms with Crippen LogP contribution in [-0.4, -0.2) is 9.97 Å². The molecule has 2 heterocycles. The van der Waals surface area contributed by atoms with E-state index >= 15 is 0 Å². The van der Waals surface area contributed by atoms with Crippen molar-refractivity contribution in [3.05, 3.63) is 47.8 Å². The Balaban J connectivity index is 2.49. The van der Waals surface area contributed by atoms with Crippen molar-refractivity contribution in [1.29, 1.82) is 5.26 Å². The van der Waals surface area contributed by atoms with E-state index in [1.54, 1.807) is 12.4 Å². The van der Waals surface area contributed by atoms with E-state index < -0.39 is 0 Å². The van der Waals surface area contributed by atoms with Gasteiger partial charge in [-0.05, 0) is 30.7 Å². The Bertz CT molecular complexity index is 512. The van der Waals surface area contributed by atoms with Crippen LogP contribution in [0.1, 0.15) is 11.1 Å². The van der Waals surface area contributed by atoms with Gasteiger partial charge in [-0.3, -0.25) is 9.97 Å². The monoisotopic (exact) mass is 195 g/mol. The molecule has 2 aromatic heterocycles. The molecule has 0 fully saturated rings. The Hall–Kier alpha value is -2.21. The van der Waals surface area contributed by atoms with Crippen molar-refractivity contribution in [3.8, 4) is 17.5 Å². The molecule has 0 saturated carbocycles. The number of rotatable bonds is 1. The maximum atomic E-state index is 8.77. The lowest BCUT2D eigenvalue weighted by molar-refractivity contribution is 1.21. The van der Waals surface area contributed by atoms with Gasteiger partial charge in [-0.2, -0.15) is 5.26 Å². The van der Waals surface area contributed by atoms with Crippen LogP contribution >= 0.6 is 0 Å². The van der Waals surface area contributed by atoms with Gasteiger partial charge in [0, 0.05) is 12.4 Å². The minimum absolute atomic E-state index is 0.606. The highest BCUT2D eigenvalue weighted by Gasteiger charge is 2.03. The Labute approximate surface area is 88.1 Å². The summed E-state index contributed by atoms with van der Waals surface area (Å²) in [4.78, 5) is 8.40. The molecule has 15 heavy (non-hydrogen) atoms. The third-order valence-corrected chi connectivity index (χ3v) is 2.16. The fourth-order valence-corrected chi connectivity index (χ4v) is 1.33. The van der Waals surface area contributed by atoms with Crippen molar-refractivity contribution in [1.82, 2.24) is 9.97 Å². The Morgan fingerprint density at radius 2 is 2.07 bits per heavy atom. The van der Waals surface area contributed by atoms with Gasteiger partial charge in [0.2, 0.25) is 0 Å². The third-order valence-electron chi connectivity index (χ3n) is 2.16. The van der Waals surface area contributed by atoms with E-state index in [1.165, 1.54) is 0 Å². The maximum Gasteiger partial charge on any atom is 0.101 e. The van der Waals surface area contributed by atoms with Crippen LogP contribution in [0.25, 0.3) is 11.4 Å². The van der Waals surface area contributed by atoms with Gasteiger partial charge >= 0.3 is 0 Å². The topological polar surface area (TPSA) is 49.6 Å². The molecule has 0 aliphatic carbocycles. The molecular weight excluding hydrogens is 186 g/mol. The molecular formula is C12H9N3. The molecule has 0 aliphatic heterocycles. The minimum Gasteiger partial charge on any atom is -0.255 e. The number of nitrogens with zero attached hydrogens (tertiary/aromatic N) is 3. The fraction of sp³-hybridized carbons (Fsp3) is 0.0833. The molecule has 3 heteroatoms.